The molecule has 0 amide bonds. The average Bonchev–Trinajstić information content (AvgIpc) is 3.08. The molecule has 1 aliphatic carbocycles. The zero-order chi connectivity index (χ0) is 13.2. The standard InChI is InChI=1S/C15H14BrN3/c1-11(13-8-5-9-14(13)16)19-10-15(17-18-19)12-6-3-2-4-7-12/h2-11,13H,1H3/t11-,13?/m0/s1. The van der Waals surface area contributed by atoms with Crippen LogP contribution < -0.4 is 0 Å². The Hall–Kier alpha value is -1.68. The molecule has 3 nitrogen and oxygen atoms in total. The lowest BCUT2D eigenvalue weighted by atomic mass is 10.0. The molecule has 0 saturated carbocycles. The summed E-state index contributed by atoms with van der Waals surface area (Å²) in [5.41, 5.74) is 2.01. The number of nitrogens with zero attached hydrogens (tertiary/aromatic N) is 3. The number of hydrogen-bond donors (Lipinski definition) is 0. The second-order valence-electron chi connectivity index (χ2n) is 4.65. The maximum absolute atomic E-state index is 4.26. The third-order valence-corrected chi connectivity index (χ3v) is 4.20. The number of benzene rings is 1. The van der Waals surface area contributed by atoms with Crippen molar-refractivity contribution in [2.75, 3.05) is 0 Å². The van der Waals surface area contributed by atoms with Gasteiger partial charge in [-0.25, -0.2) is 4.68 Å². The Morgan fingerprint density at radius 2 is 2.05 bits per heavy atom. The van der Waals surface area contributed by atoms with Gasteiger partial charge in [-0.05, 0) is 6.92 Å². The average molecular weight is 316 g/mol. The Kier molecular flexibility index (Phi) is 3.34. The second-order valence-corrected chi connectivity index (χ2v) is 5.57. The summed E-state index contributed by atoms with van der Waals surface area (Å²) < 4.78 is 3.12. The van der Waals surface area contributed by atoms with Gasteiger partial charge < -0.3 is 0 Å². The van der Waals surface area contributed by atoms with E-state index < -0.39 is 0 Å². The van der Waals surface area contributed by atoms with E-state index in [0.717, 1.165) is 11.3 Å². The summed E-state index contributed by atoms with van der Waals surface area (Å²) in [5, 5.41) is 8.51. The second kappa shape index (κ2) is 5.13. The highest BCUT2D eigenvalue weighted by molar-refractivity contribution is 9.11. The van der Waals surface area contributed by atoms with E-state index >= 15 is 0 Å². The highest BCUT2D eigenvalue weighted by Crippen LogP contribution is 2.33. The van der Waals surface area contributed by atoms with Crippen molar-refractivity contribution in [3.05, 3.63) is 59.2 Å². The third-order valence-electron chi connectivity index (χ3n) is 3.41. The first kappa shape index (κ1) is 12.4. The summed E-state index contributed by atoms with van der Waals surface area (Å²) in [5.74, 6) is 0.338. The molecule has 0 fully saturated rings. The lowest BCUT2D eigenvalue weighted by molar-refractivity contribution is 0.422. The van der Waals surface area contributed by atoms with Gasteiger partial charge in [0.25, 0.3) is 0 Å². The van der Waals surface area contributed by atoms with Gasteiger partial charge in [0, 0.05) is 16.0 Å². The highest BCUT2D eigenvalue weighted by atomic mass is 79.9. The number of halogens is 1. The predicted molar refractivity (Wildman–Crippen MR) is 79.8 cm³/mol. The SMILES string of the molecule is C[C@@H](C1C=CC=C1Br)n1cc(-c2ccccc2)nn1. The first-order valence-corrected chi connectivity index (χ1v) is 7.06. The Labute approximate surface area is 120 Å². The van der Waals surface area contributed by atoms with E-state index in [0.29, 0.717) is 5.92 Å². The lowest BCUT2D eigenvalue weighted by Crippen LogP contribution is -2.14. The van der Waals surface area contributed by atoms with Crippen LogP contribution in [-0.2, 0) is 0 Å². The van der Waals surface area contributed by atoms with E-state index in [1.165, 1.54) is 4.48 Å². The molecule has 0 N–H and O–H groups in total. The van der Waals surface area contributed by atoms with Gasteiger partial charge in [0.1, 0.15) is 5.69 Å². The summed E-state index contributed by atoms with van der Waals surface area (Å²) in [6.07, 6.45) is 8.33. The van der Waals surface area contributed by atoms with Gasteiger partial charge in [-0.15, -0.1) is 5.10 Å². The minimum Gasteiger partial charge on any atom is -0.248 e. The zero-order valence-corrected chi connectivity index (χ0v) is 12.2. The molecule has 1 unspecified atom stereocenters. The molecule has 19 heavy (non-hydrogen) atoms. The van der Waals surface area contributed by atoms with Gasteiger partial charge in [0.15, 0.2) is 0 Å². The van der Waals surface area contributed by atoms with Gasteiger partial charge in [-0.2, -0.15) is 0 Å². The van der Waals surface area contributed by atoms with Crippen molar-refractivity contribution in [2.45, 2.75) is 13.0 Å². The topological polar surface area (TPSA) is 30.7 Å². The molecule has 1 aromatic carbocycles. The maximum Gasteiger partial charge on any atom is 0.113 e. The number of hydrogen-bond acceptors (Lipinski definition) is 2. The Balaban J connectivity index is 1.86. The molecule has 0 bridgehead atoms. The number of aromatic nitrogens is 3. The Morgan fingerprint density at radius 3 is 2.74 bits per heavy atom. The number of rotatable bonds is 3. The molecule has 4 heteroatoms. The largest absolute Gasteiger partial charge is 0.248 e. The Bertz CT molecular complexity index is 628. The normalized spacial score (nSPS) is 19.5. The van der Waals surface area contributed by atoms with Crippen molar-refractivity contribution in [1.29, 1.82) is 0 Å². The molecule has 0 spiro atoms. The summed E-state index contributed by atoms with van der Waals surface area (Å²) in [6.45, 7) is 2.15. The van der Waals surface area contributed by atoms with E-state index in [9.17, 15) is 0 Å². The van der Waals surface area contributed by atoms with Gasteiger partial charge in [0.2, 0.25) is 0 Å². The molecule has 96 valence electrons. The molecule has 1 aliphatic rings. The van der Waals surface area contributed by atoms with Crippen LogP contribution in [0.3, 0.4) is 0 Å². The molecule has 1 aromatic heterocycles. The molecule has 2 aromatic rings. The first-order valence-electron chi connectivity index (χ1n) is 6.27. The highest BCUT2D eigenvalue weighted by Gasteiger charge is 2.22. The third kappa shape index (κ3) is 2.40. The monoisotopic (exact) mass is 315 g/mol. The van der Waals surface area contributed by atoms with Crippen LogP contribution in [0.25, 0.3) is 11.3 Å². The van der Waals surface area contributed by atoms with Crippen molar-refractivity contribution in [2.24, 2.45) is 5.92 Å². The first-order chi connectivity index (χ1) is 9.25. The lowest BCUT2D eigenvalue weighted by Gasteiger charge is -2.18. The van der Waals surface area contributed by atoms with Crippen molar-refractivity contribution in [3.8, 4) is 11.3 Å². The fraction of sp³-hybridized carbons (Fsp3) is 0.200. The fourth-order valence-electron chi connectivity index (χ4n) is 2.24. The summed E-state index contributed by atoms with van der Waals surface area (Å²) >= 11 is 3.59. The molecule has 0 radical (unpaired) electrons. The minimum absolute atomic E-state index is 0.245. The van der Waals surface area contributed by atoms with Crippen molar-refractivity contribution in [3.63, 3.8) is 0 Å². The predicted octanol–water partition coefficient (Wildman–Crippen LogP) is 3.97. The van der Waals surface area contributed by atoms with Gasteiger partial charge in [-0.3, -0.25) is 0 Å². The van der Waals surface area contributed by atoms with Crippen LogP contribution in [0.5, 0.6) is 0 Å². The minimum atomic E-state index is 0.245. The van der Waals surface area contributed by atoms with E-state index in [2.05, 4.69) is 51.4 Å². The van der Waals surface area contributed by atoms with E-state index in [1.807, 2.05) is 41.2 Å². The van der Waals surface area contributed by atoms with Gasteiger partial charge >= 0.3 is 0 Å². The molecule has 0 aliphatic heterocycles. The summed E-state index contributed by atoms with van der Waals surface area (Å²) in [4.78, 5) is 0. The van der Waals surface area contributed by atoms with Crippen LogP contribution in [-0.4, -0.2) is 15.0 Å². The quantitative estimate of drug-likeness (QED) is 0.858. The van der Waals surface area contributed by atoms with Crippen LogP contribution in [0.2, 0.25) is 0 Å². The molecule has 0 saturated heterocycles. The van der Waals surface area contributed by atoms with Crippen LogP contribution in [0.4, 0.5) is 0 Å². The Morgan fingerprint density at radius 1 is 1.26 bits per heavy atom. The zero-order valence-electron chi connectivity index (χ0n) is 10.6. The molecular formula is C15H14BrN3. The smallest absolute Gasteiger partial charge is 0.113 e. The summed E-state index contributed by atoms with van der Waals surface area (Å²) in [7, 11) is 0. The van der Waals surface area contributed by atoms with Crippen LogP contribution in [0.15, 0.2) is 59.2 Å². The van der Waals surface area contributed by atoms with Crippen LogP contribution in [0.1, 0.15) is 13.0 Å². The van der Waals surface area contributed by atoms with Crippen molar-refractivity contribution < 1.29 is 0 Å². The number of allylic oxidation sites excluding steroid dienone is 4. The maximum atomic E-state index is 4.26. The molecule has 2 atom stereocenters. The molecular weight excluding hydrogens is 302 g/mol. The molecule has 1 heterocycles. The van der Waals surface area contributed by atoms with Gasteiger partial charge in [-0.1, -0.05) is 69.7 Å². The van der Waals surface area contributed by atoms with Gasteiger partial charge in [0.05, 0.1) is 12.2 Å². The fourth-order valence-corrected chi connectivity index (χ4v) is 2.93. The van der Waals surface area contributed by atoms with Crippen LogP contribution >= 0.6 is 15.9 Å². The van der Waals surface area contributed by atoms with E-state index in [-0.39, 0.29) is 6.04 Å². The van der Waals surface area contributed by atoms with Crippen molar-refractivity contribution in [1.82, 2.24) is 15.0 Å². The van der Waals surface area contributed by atoms with Crippen LogP contribution in [0, 0.1) is 5.92 Å². The van der Waals surface area contributed by atoms with Crippen molar-refractivity contribution >= 4 is 15.9 Å². The van der Waals surface area contributed by atoms with E-state index in [1.54, 1.807) is 0 Å². The summed E-state index contributed by atoms with van der Waals surface area (Å²) in [6, 6.07) is 10.4. The van der Waals surface area contributed by atoms with E-state index in [4.69, 9.17) is 0 Å². The molecule has 3 rings (SSSR count).